The van der Waals surface area contributed by atoms with Crippen molar-refractivity contribution >= 4 is 17.2 Å². The molecule has 3 heteroatoms. The number of hydrogen-bond donors (Lipinski definition) is 2. The maximum Gasteiger partial charge on any atom is 0.157 e. The average Bonchev–Trinajstić information content (AvgIpc) is 2.22. The summed E-state index contributed by atoms with van der Waals surface area (Å²) in [6, 6.07) is 7.56. The van der Waals surface area contributed by atoms with Gasteiger partial charge in [-0.1, -0.05) is 12.1 Å². The second-order valence-electron chi connectivity index (χ2n) is 3.70. The molecule has 0 spiro atoms. The van der Waals surface area contributed by atoms with Crippen LogP contribution in [-0.2, 0) is 4.79 Å². The van der Waals surface area contributed by atoms with Gasteiger partial charge >= 0.3 is 0 Å². The van der Waals surface area contributed by atoms with Crippen LogP contribution < -0.4 is 11.1 Å². The predicted molar refractivity (Wildman–Crippen MR) is 61.4 cm³/mol. The SMILES string of the molecule is Nc1ccccc1NC1=CC(=O)CCC1. The molecule has 1 aliphatic rings. The summed E-state index contributed by atoms with van der Waals surface area (Å²) in [5, 5.41) is 3.19. The van der Waals surface area contributed by atoms with Gasteiger partial charge in [-0.05, 0) is 25.0 Å². The smallest absolute Gasteiger partial charge is 0.157 e. The summed E-state index contributed by atoms with van der Waals surface area (Å²) in [7, 11) is 0. The topological polar surface area (TPSA) is 55.1 Å². The van der Waals surface area contributed by atoms with Crippen LogP contribution in [0, 0.1) is 0 Å². The van der Waals surface area contributed by atoms with Gasteiger partial charge in [0.15, 0.2) is 5.78 Å². The molecule has 1 aromatic rings. The molecule has 1 aliphatic carbocycles. The molecule has 0 aromatic heterocycles. The van der Waals surface area contributed by atoms with Crippen LogP contribution in [0.3, 0.4) is 0 Å². The zero-order valence-electron chi connectivity index (χ0n) is 8.49. The lowest BCUT2D eigenvalue weighted by Crippen LogP contribution is -2.10. The van der Waals surface area contributed by atoms with E-state index < -0.39 is 0 Å². The molecule has 0 saturated heterocycles. The number of anilines is 2. The number of rotatable bonds is 2. The standard InChI is InChI=1S/C12H14N2O/c13-11-6-1-2-7-12(11)14-9-4-3-5-10(15)8-9/h1-2,6-8,14H,3-5,13H2. The quantitative estimate of drug-likeness (QED) is 0.723. The molecule has 0 radical (unpaired) electrons. The summed E-state index contributed by atoms with van der Waals surface area (Å²) in [5.74, 6) is 0.193. The van der Waals surface area contributed by atoms with Gasteiger partial charge in [-0.15, -0.1) is 0 Å². The fraction of sp³-hybridized carbons (Fsp3) is 0.250. The summed E-state index contributed by atoms with van der Waals surface area (Å²) in [5.41, 5.74) is 8.34. The molecule has 3 nitrogen and oxygen atoms in total. The molecular formula is C12H14N2O. The number of nitrogen functional groups attached to an aromatic ring is 1. The van der Waals surface area contributed by atoms with Gasteiger partial charge in [-0.3, -0.25) is 4.79 Å². The molecule has 3 N–H and O–H groups in total. The van der Waals surface area contributed by atoms with Crippen molar-refractivity contribution in [3.63, 3.8) is 0 Å². The highest BCUT2D eigenvalue weighted by molar-refractivity contribution is 5.91. The van der Waals surface area contributed by atoms with E-state index in [1.54, 1.807) is 6.08 Å². The fourth-order valence-electron chi connectivity index (χ4n) is 1.67. The molecule has 0 amide bonds. The van der Waals surface area contributed by atoms with E-state index in [4.69, 9.17) is 5.73 Å². The average molecular weight is 202 g/mol. The van der Waals surface area contributed by atoms with Crippen LogP contribution in [0.25, 0.3) is 0 Å². The number of nitrogens with one attached hydrogen (secondary N) is 1. The van der Waals surface area contributed by atoms with Gasteiger partial charge in [-0.25, -0.2) is 0 Å². The number of carbonyl (C=O) groups is 1. The number of carbonyl (C=O) groups excluding carboxylic acids is 1. The molecule has 0 atom stereocenters. The van der Waals surface area contributed by atoms with Crippen molar-refractivity contribution < 1.29 is 4.79 Å². The third kappa shape index (κ3) is 2.37. The maximum absolute atomic E-state index is 11.2. The maximum atomic E-state index is 11.2. The molecule has 0 bridgehead atoms. The second-order valence-corrected chi connectivity index (χ2v) is 3.70. The molecule has 0 aliphatic heterocycles. The minimum Gasteiger partial charge on any atom is -0.397 e. The fourth-order valence-corrected chi connectivity index (χ4v) is 1.67. The highest BCUT2D eigenvalue weighted by atomic mass is 16.1. The Morgan fingerprint density at radius 3 is 2.73 bits per heavy atom. The third-order valence-electron chi connectivity index (χ3n) is 2.46. The molecule has 15 heavy (non-hydrogen) atoms. The minimum atomic E-state index is 0.193. The van der Waals surface area contributed by atoms with E-state index in [9.17, 15) is 4.79 Å². The first kappa shape index (κ1) is 9.77. The van der Waals surface area contributed by atoms with Crippen LogP contribution in [0.5, 0.6) is 0 Å². The van der Waals surface area contributed by atoms with Crippen molar-refractivity contribution in [2.24, 2.45) is 0 Å². The number of nitrogens with two attached hydrogens (primary N) is 1. The van der Waals surface area contributed by atoms with E-state index >= 15 is 0 Å². The molecule has 78 valence electrons. The molecule has 2 rings (SSSR count). The van der Waals surface area contributed by atoms with Crippen molar-refractivity contribution in [2.75, 3.05) is 11.1 Å². The molecule has 0 unspecified atom stereocenters. The van der Waals surface area contributed by atoms with Crippen molar-refractivity contribution in [3.05, 3.63) is 36.0 Å². The van der Waals surface area contributed by atoms with E-state index in [0.717, 1.165) is 24.2 Å². The van der Waals surface area contributed by atoms with E-state index in [1.807, 2.05) is 24.3 Å². The highest BCUT2D eigenvalue weighted by Crippen LogP contribution is 2.22. The van der Waals surface area contributed by atoms with E-state index in [2.05, 4.69) is 5.32 Å². The van der Waals surface area contributed by atoms with E-state index in [-0.39, 0.29) is 5.78 Å². The Hall–Kier alpha value is -1.77. The van der Waals surface area contributed by atoms with Gasteiger partial charge in [0.2, 0.25) is 0 Å². The van der Waals surface area contributed by atoms with E-state index in [0.29, 0.717) is 12.1 Å². The van der Waals surface area contributed by atoms with Crippen LogP contribution in [0.4, 0.5) is 11.4 Å². The molecule has 0 saturated carbocycles. The number of hydrogen-bond acceptors (Lipinski definition) is 3. The van der Waals surface area contributed by atoms with Crippen LogP contribution in [-0.4, -0.2) is 5.78 Å². The Kier molecular flexibility index (Phi) is 2.72. The number of benzene rings is 1. The van der Waals surface area contributed by atoms with Crippen molar-refractivity contribution in [2.45, 2.75) is 19.3 Å². The Morgan fingerprint density at radius 2 is 2.00 bits per heavy atom. The van der Waals surface area contributed by atoms with Crippen molar-refractivity contribution in [1.82, 2.24) is 0 Å². The Labute approximate surface area is 89.0 Å². The largest absolute Gasteiger partial charge is 0.397 e. The Bertz CT molecular complexity index is 410. The number of ketones is 1. The van der Waals surface area contributed by atoms with Gasteiger partial charge in [0.1, 0.15) is 0 Å². The second kappa shape index (κ2) is 4.17. The highest BCUT2D eigenvalue weighted by Gasteiger charge is 2.10. The van der Waals surface area contributed by atoms with Crippen LogP contribution in [0.2, 0.25) is 0 Å². The molecule has 0 heterocycles. The molecular weight excluding hydrogens is 188 g/mol. The van der Waals surface area contributed by atoms with Crippen LogP contribution in [0.15, 0.2) is 36.0 Å². The first-order valence-electron chi connectivity index (χ1n) is 5.10. The summed E-state index contributed by atoms with van der Waals surface area (Å²) < 4.78 is 0. The summed E-state index contributed by atoms with van der Waals surface area (Å²) in [4.78, 5) is 11.2. The van der Waals surface area contributed by atoms with Gasteiger partial charge in [-0.2, -0.15) is 0 Å². The van der Waals surface area contributed by atoms with Crippen molar-refractivity contribution in [3.8, 4) is 0 Å². The third-order valence-corrected chi connectivity index (χ3v) is 2.46. The van der Waals surface area contributed by atoms with Gasteiger partial charge in [0, 0.05) is 18.2 Å². The first-order valence-corrected chi connectivity index (χ1v) is 5.10. The van der Waals surface area contributed by atoms with Gasteiger partial charge in [0.05, 0.1) is 11.4 Å². The Balaban J connectivity index is 2.15. The zero-order chi connectivity index (χ0) is 10.7. The number of para-hydroxylation sites is 2. The monoisotopic (exact) mass is 202 g/mol. The lowest BCUT2D eigenvalue weighted by atomic mass is 10.0. The van der Waals surface area contributed by atoms with Crippen molar-refractivity contribution in [1.29, 1.82) is 0 Å². The predicted octanol–water partition coefficient (Wildman–Crippen LogP) is 2.32. The summed E-state index contributed by atoms with van der Waals surface area (Å²) in [6.07, 6.45) is 4.18. The number of allylic oxidation sites excluding steroid dienone is 2. The lowest BCUT2D eigenvalue weighted by molar-refractivity contribution is -0.115. The first-order chi connectivity index (χ1) is 7.25. The van der Waals surface area contributed by atoms with Gasteiger partial charge < -0.3 is 11.1 Å². The van der Waals surface area contributed by atoms with Gasteiger partial charge in [0.25, 0.3) is 0 Å². The van der Waals surface area contributed by atoms with Crippen LogP contribution in [0.1, 0.15) is 19.3 Å². The van der Waals surface area contributed by atoms with Crippen LogP contribution >= 0.6 is 0 Å². The summed E-state index contributed by atoms with van der Waals surface area (Å²) >= 11 is 0. The normalized spacial score (nSPS) is 16.0. The molecule has 0 fully saturated rings. The van der Waals surface area contributed by atoms with E-state index in [1.165, 1.54) is 0 Å². The lowest BCUT2D eigenvalue weighted by Gasteiger charge is -2.15. The Morgan fingerprint density at radius 1 is 1.20 bits per heavy atom. The molecule has 1 aromatic carbocycles. The zero-order valence-corrected chi connectivity index (χ0v) is 8.49. The summed E-state index contributed by atoms with van der Waals surface area (Å²) in [6.45, 7) is 0. The minimum absolute atomic E-state index is 0.193.